The van der Waals surface area contributed by atoms with E-state index in [-0.39, 0.29) is 31.7 Å². The van der Waals surface area contributed by atoms with Crippen LogP contribution in [0, 0.1) is 5.92 Å². The summed E-state index contributed by atoms with van der Waals surface area (Å²) in [5, 5.41) is 29.1. The molecule has 0 aliphatic carbocycles. The van der Waals surface area contributed by atoms with Crippen LogP contribution in [0.2, 0.25) is 0 Å². The first-order chi connectivity index (χ1) is 20.1. The van der Waals surface area contributed by atoms with Crippen LogP contribution in [0.4, 0.5) is 4.79 Å². The van der Waals surface area contributed by atoms with E-state index < -0.39 is 65.9 Å². The fraction of sp³-hybridized carbons (Fsp3) is 0.517. The number of hydrogen-bond acceptors (Lipinski definition) is 7. The minimum atomic E-state index is -1.70. The molecule has 0 aliphatic heterocycles. The van der Waals surface area contributed by atoms with Crippen molar-refractivity contribution >= 4 is 46.7 Å². The third kappa shape index (κ3) is 12.0. The third-order valence-corrected chi connectivity index (χ3v) is 6.10. The molecule has 14 nitrogen and oxygen atoms in total. The van der Waals surface area contributed by atoms with Gasteiger partial charge in [0.15, 0.2) is 0 Å². The molecule has 0 saturated carbocycles. The Kier molecular flexibility index (Phi) is 12.5. The van der Waals surface area contributed by atoms with E-state index in [1.165, 1.54) is 0 Å². The van der Waals surface area contributed by atoms with E-state index in [0.717, 1.165) is 16.5 Å². The SMILES string of the molecule is CC(C)C[C@H](NC(=O)[C@H](Cc1c[nH]c2ccccc12)NC(=O)CCNC(=O)OC(C)(C)C)C(=O)N[C@@H](CC(=O)O)C(=O)O. The summed E-state index contributed by atoms with van der Waals surface area (Å²) in [5.74, 6) is -5.18. The summed E-state index contributed by atoms with van der Waals surface area (Å²) in [6.07, 6.45) is 0.169. The van der Waals surface area contributed by atoms with Gasteiger partial charge in [-0.05, 0) is 44.7 Å². The second kappa shape index (κ2) is 15.6. The molecule has 1 heterocycles. The van der Waals surface area contributed by atoms with Gasteiger partial charge in [-0.25, -0.2) is 9.59 Å². The molecular formula is C29H41N5O9. The molecule has 14 heteroatoms. The van der Waals surface area contributed by atoms with Gasteiger partial charge in [0, 0.05) is 36.5 Å². The lowest BCUT2D eigenvalue weighted by Gasteiger charge is -2.25. The van der Waals surface area contributed by atoms with Gasteiger partial charge in [0.25, 0.3) is 0 Å². The molecule has 0 fully saturated rings. The van der Waals surface area contributed by atoms with Gasteiger partial charge in [-0.2, -0.15) is 0 Å². The van der Waals surface area contributed by atoms with Gasteiger partial charge in [0.2, 0.25) is 17.7 Å². The molecule has 236 valence electrons. The summed E-state index contributed by atoms with van der Waals surface area (Å²) >= 11 is 0. The van der Waals surface area contributed by atoms with Crippen LogP contribution in [0.1, 0.15) is 59.4 Å². The predicted molar refractivity (Wildman–Crippen MR) is 156 cm³/mol. The summed E-state index contributed by atoms with van der Waals surface area (Å²) in [5.41, 5.74) is 0.825. The molecule has 0 aliphatic rings. The van der Waals surface area contributed by atoms with Crippen LogP contribution in [-0.4, -0.2) is 81.2 Å². The number of ether oxygens (including phenoxy) is 1. The Bertz CT molecular complexity index is 1310. The molecule has 0 unspecified atom stereocenters. The third-order valence-electron chi connectivity index (χ3n) is 6.10. The average Bonchev–Trinajstić information content (AvgIpc) is 3.28. The number of aromatic nitrogens is 1. The summed E-state index contributed by atoms with van der Waals surface area (Å²) in [6, 6.07) is 3.32. The van der Waals surface area contributed by atoms with E-state index in [2.05, 4.69) is 26.3 Å². The molecule has 2 aromatic rings. The molecule has 43 heavy (non-hydrogen) atoms. The number of para-hydroxylation sites is 1. The lowest BCUT2D eigenvalue weighted by atomic mass is 10.00. The van der Waals surface area contributed by atoms with Gasteiger partial charge in [-0.1, -0.05) is 32.0 Å². The molecule has 0 spiro atoms. The van der Waals surface area contributed by atoms with Crippen LogP contribution >= 0.6 is 0 Å². The highest BCUT2D eigenvalue weighted by Gasteiger charge is 2.31. The van der Waals surface area contributed by atoms with Crippen molar-refractivity contribution in [2.45, 2.75) is 84.0 Å². The number of carboxylic acid groups (broad SMARTS) is 2. The summed E-state index contributed by atoms with van der Waals surface area (Å²) < 4.78 is 5.15. The average molecular weight is 604 g/mol. The lowest BCUT2D eigenvalue weighted by molar-refractivity contribution is -0.147. The topological polar surface area (TPSA) is 216 Å². The van der Waals surface area contributed by atoms with E-state index in [4.69, 9.17) is 9.84 Å². The number of amides is 4. The van der Waals surface area contributed by atoms with Crippen molar-refractivity contribution in [2.24, 2.45) is 5.92 Å². The van der Waals surface area contributed by atoms with Crippen LogP contribution < -0.4 is 21.3 Å². The Morgan fingerprint density at radius 3 is 2.14 bits per heavy atom. The molecule has 2 rings (SSSR count). The van der Waals surface area contributed by atoms with Gasteiger partial charge in [0.05, 0.1) is 6.42 Å². The van der Waals surface area contributed by atoms with E-state index >= 15 is 0 Å². The molecule has 0 radical (unpaired) electrons. The monoisotopic (exact) mass is 603 g/mol. The van der Waals surface area contributed by atoms with E-state index in [9.17, 15) is 33.9 Å². The van der Waals surface area contributed by atoms with Crippen molar-refractivity contribution in [1.82, 2.24) is 26.3 Å². The van der Waals surface area contributed by atoms with E-state index in [1.54, 1.807) is 40.8 Å². The van der Waals surface area contributed by atoms with Crippen molar-refractivity contribution in [2.75, 3.05) is 6.54 Å². The number of H-pyrrole nitrogens is 1. The largest absolute Gasteiger partial charge is 0.481 e. The van der Waals surface area contributed by atoms with Crippen molar-refractivity contribution in [1.29, 1.82) is 0 Å². The molecule has 7 N–H and O–H groups in total. The Hall–Kier alpha value is -4.62. The number of alkyl carbamates (subject to hydrolysis) is 1. The number of aromatic amines is 1. The number of benzene rings is 1. The minimum Gasteiger partial charge on any atom is -0.481 e. The number of fused-ring (bicyclic) bond motifs is 1. The first kappa shape index (κ1) is 34.6. The van der Waals surface area contributed by atoms with Crippen LogP contribution in [0.5, 0.6) is 0 Å². The van der Waals surface area contributed by atoms with Crippen LogP contribution in [-0.2, 0) is 35.1 Å². The zero-order valence-electron chi connectivity index (χ0n) is 25.0. The Morgan fingerprint density at radius 1 is 0.907 bits per heavy atom. The fourth-order valence-corrected chi connectivity index (χ4v) is 4.21. The number of nitrogens with one attached hydrogen (secondary N) is 5. The van der Waals surface area contributed by atoms with Gasteiger partial charge < -0.3 is 41.2 Å². The summed E-state index contributed by atoms with van der Waals surface area (Å²) in [4.78, 5) is 77.0. The van der Waals surface area contributed by atoms with Crippen LogP contribution in [0.15, 0.2) is 30.5 Å². The van der Waals surface area contributed by atoms with Gasteiger partial charge in [-0.3, -0.25) is 19.2 Å². The molecular weight excluding hydrogens is 562 g/mol. The predicted octanol–water partition coefficient (Wildman–Crippen LogP) is 1.69. The molecule has 1 aromatic heterocycles. The lowest BCUT2D eigenvalue weighted by Crippen LogP contribution is -2.56. The maximum Gasteiger partial charge on any atom is 0.407 e. The molecule has 1 aromatic carbocycles. The highest BCUT2D eigenvalue weighted by molar-refractivity contribution is 5.94. The van der Waals surface area contributed by atoms with E-state index in [0.29, 0.717) is 0 Å². The number of hydrogen-bond donors (Lipinski definition) is 7. The standard InChI is InChI=1S/C29H41N5O9/c1-16(2)12-20(25(38)34-22(27(40)41)14-24(36)37)33-26(39)21(13-17-15-31-19-9-7-6-8-18(17)19)32-23(35)10-11-30-28(42)43-29(3,4)5/h6-9,15-16,20-22,31H,10-14H2,1-5H3,(H,30,42)(H,32,35)(H,33,39)(H,34,38)(H,36,37)(H,40,41)/t20-,21-,22-/m0/s1. The Balaban J connectivity index is 2.22. The van der Waals surface area contributed by atoms with E-state index in [1.807, 2.05) is 24.3 Å². The van der Waals surface area contributed by atoms with Gasteiger partial charge in [-0.15, -0.1) is 0 Å². The van der Waals surface area contributed by atoms with Gasteiger partial charge >= 0.3 is 18.0 Å². The highest BCUT2D eigenvalue weighted by atomic mass is 16.6. The minimum absolute atomic E-state index is 0.0495. The second-order valence-corrected chi connectivity index (χ2v) is 11.6. The second-order valence-electron chi connectivity index (χ2n) is 11.6. The fourth-order valence-electron chi connectivity index (χ4n) is 4.21. The van der Waals surface area contributed by atoms with Crippen LogP contribution in [0.3, 0.4) is 0 Å². The molecule has 0 saturated heterocycles. The van der Waals surface area contributed by atoms with Crippen molar-refractivity contribution in [3.05, 3.63) is 36.0 Å². The van der Waals surface area contributed by atoms with Gasteiger partial charge in [0.1, 0.15) is 23.7 Å². The summed E-state index contributed by atoms with van der Waals surface area (Å²) in [6.45, 7) is 8.64. The number of carbonyl (C=O) groups excluding carboxylic acids is 4. The van der Waals surface area contributed by atoms with Crippen molar-refractivity contribution < 1.29 is 43.7 Å². The number of rotatable bonds is 15. The normalized spacial score (nSPS) is 13.4. The Morgan fingerprint density at radius 2 is 1.53 bits per heavy atom. The van der Waals surface area contributed by atoms with Crippen molar-refractivity contribution in [3.63, 3.8) is 0 Å². The maximum absolute atomic E-state index is 13.6. The number of carbonyl (C=O) groups is 6. The molecule has 3 atom stereocenters. The van der Waals surface area contributed by atoms with Crippen molar-refractivity contribution in [3.8, 4) is 0 Å². The maximum atomic E-state index is 13.6. The highest BCUT2D eigenvalue weighted by Crippen LogP contribution is 2.19. The summed E-state index contributed by atoms with van der Waals surface area (Å²) in [7, 11) is 0. The smallest absolute Gasteiger partial charge is 0.407 e. The Labute approximate surface area is 249 Å². The number of aliphatic carboxylic acids is 2. The zero-order valence-corrected chi connectivity index (χ0v) is 25.0. The zero-order chi connectivity index (χ0) is 32.3. The van der Waals surface area contributed by atoms with Crippen LogP contribution in [0.25, 0.3) is 10.9 Å². The number of carboxylic acids is 2. The molecule has 0 bridgehead atoms. The first-order valence-electron chi connectivity index (χ1n) is 13.9. The molecule has 4 amide bonds. The first-order valence-corrected chi connectivity index (χ1v) is 13.9. The quantitative estimate of drug-likeness (QED) is 0.157.